The predicted octanol–water partition coefficient (Wildman–Crippen LogP) is 4.66. The van der Waals surface area contributed by atoms with Gasteiger partial charge in [-0.05, 0) is 22.3 Å². The van der Waals surface area contributed by atoms with Crippen LogP contribution in [0.25, 0.3) is 11.1 Å². The first-order valence-corrected chi connectivity index (χ1v) is 9.03. The zero-order valence-corrected chi connectivity index (χ0v) is 15.1. The third-order valence-electron chi connectivity index (χ3n) is 4.89. The van der Waals surface area contributed by atoms with Crippen molar-refractivity contribution in [3.8, 4) is 11.1 Å². The Balaban J connectivity index is 1.43. The van der Waals surface area contributed by atoms with Crippen molar-refractivity contribution in [2.45, 2.75) is 18.8 Å². The van der Waals surface area contributed by atoms with Crippen molar-refractivity contribution < 1.29 is 23.8 Å². The molecule has 0 saturated carbocycles. The monoisotopic (exact) mass is 377 g/mol. The lowest BCUT2D eigenvalue weighted by atomic mass is 9.98. The third-order valence-corrected chi connectivity index (χ3v) is 4.89. The van der Waals surface area contributed by atoms with Crippen LogP contribution in [0.1, 0.15) is 29.2 Å². The number of aryl methyl sites for hydroxylation is 1. The molecule has 6 heteroatoms. The van der Waals surface area contributed by atoms with Crippen molar-refractivity contribution in [1.29, 1.82) is 0 Å². The number of nitrogens with one attached hydrogen (secondary N) is 1. The van der Waals surface area contributed by atoms with Crippen LogP contribution in [0.15, 0.2) is 65.3 Å². The molecule has 6 nitrogen and oxygen atoms in total. The number of anilines is 1. The summed E-state index contributed by atoms with van der Waals surface area (Å²) in [5, 5.41) is 11.4. The smallest absolute Gasteiger partial charge is 0.411 e. The topological polar surface area (TPSA) is 88.8 Å². The molecule has 1 heterocycles. The Morgan fingerprint density at radius 1 is 1.00 bits per heavy atom. The Kier molecular flexibility index (Phi) is 4.85. The maximum Gasteiger partial charge on any atom is 0.411 e. The Morgan fingerprint density at radius 3 is 2.29 bits per heavy atom. The van der Waals surface area contributed by atoms with Crippen LogP contribution < -0.4 is 5.32 Å². The second-order valence-corrected chi connectivity index (χ2v) is 6.60. The van der Waals surface area contributed by atoms with Gasteiger partial charge < -0.3 is 14.3 Å². The van der Waals surface area contributed by atoms with Gasteiger partial charge >= 0.3 is 12.1 Å². The van der Waals surface area contributed by atoms with Crippen LogP contribution in [0.4, 0.5) is 10.5 Å². The molecule has 0 saturated heterocycles. The number of hydrogen-bond donors (Lipinski definition) is 2. The number of carbonyl (C=O) groups excluding carboxylic acids is 1. The maximum atomic E-state index is 12.3. The molecule has 1 amide bonds. The molecule has 28 heavy (non-hydrogen) atoms. The van der Waals surface area contributed by atoms with Gasteiger partial charge in [0.1, 0.15) is 12.4 Å². The van der Waals surface area contributed by atoms with E-state index in [4.69, 9.17) is 14.3 Å². The minimum Gasteiger partial charge on any atom is -0.481 e. The summed E-state index contributed by atoms with van der Waals surface area (Å²) in [6, 6.07) is 17.8. The van der Waals surface area contributed by atoms with E-state index in [-0.39, 0.29) is 25.4 Å². The highest BCUT2D eigenvalue weighted by atomic mass is 16.5. The lowest BCUT2D eigenvalue weighted by Gasteiger charge is -2.14. The first kappa shape index (κ1) is 17.9. The number of furan rings is 1. The SMILES string of the molecule is O=C(O)CCc1occc1NC(=O)OCC1c2ccccc2-c2ccccc21. The van der Waals surface area contributed by atoms with E-state index in [2.05, 4.69) is 29.6 Å². The van der Waals surface area contributed by atoms with Crippen molar-refractivity contribution in [1.82, 2.24) is 0 Å². The number of rotatable bonds is 6. The van der Waals surface area contributed by atoms with Gasteiger partial charge in [0.2, 0.25) is 0 Å². The molecule has 0 unspecified atom stereocenters. The van der Waals surface area contributed by atoms with E-state index in [1.165, 1.54) is 6.26 Å². The molecule has 1 aliphatic carbocycles. The molecule has 0 bridgehead atoms. The van der Waals surface area contributed by atoms with E-state index >= 15 is 0 Å². The largest absolute Gasteiger partial charge is 0.481 e. The molecule has 4 rings (SSSR count). The average Bonchev–Trinajstić information content (AvgIpc) is 3.27. The number of ether oxygens (including phenoxy) is 1. The number of carboxylic acids is 1. The summed E-state index contributed by atoms with van der Waals surface area (Å²) in [5.41, 5.74) is 5.04. The highest BCUT2D eigenvalue weighted by molar-refractivity contribution is 5.85. The van der Waals surface area contributed by atoms with Crippen LogP contribution in [0.5, 0.6) is 0 Å². The summed E-state index contributed by atoms with van der Waals surface area (Å²) in [5.74, 6) is -0.534. The van der Waals surface area contributed by atoms with Gasteiger partial charge in [-0.2, -0.15) is 0 Å². The van der Waals surface area contributed by atoms with Gasteiger partial charge in [-0.3, -0.25) is 10.1 Å². The highest BCUT2D eigenvalue weighted by Gasteiger charge is 2.29. The molecule has 2 aromatic carbocycles. The van der Waals surface area contributed by atoms with Gasteiger partial charge in [0.15, 0.2) is 0 Å². The number of benzene rings is 2. The molecule has 142 valence electrons. The Hall–Kier alpha value is -3.54. The zero-order chi connectivity index (χ0) is 19.5. The minimum absolute atomic E-state index is 0.0195. The first-order valence-electron chi connectivity index (χ1n) is 9.03. The van der Waals surface area contributed by atoms with Gasteiger partial charge in [0, 0.05) is 18.4 Å². The average molecular weight is 377 g/mol. The molecule has 2 N–H and O–H groups in total. The highest BCUT2D eigenvalue weighted by Crippen LogP contribution is 2.44. The number of amides is 1. The van der Waals surface area contributed by atoms with Crippen molar-refractivity contribution in [3.63, 3.8) is 0 Å². The van der Waals surface area contributed by atoms with Gasteiger partial charge in [0.05, 0.1) is 18.4 Å². The van der Waals surface area contributed by atoms with Gasteiger partial charge in [0.25, 0.3) is 0 Å². The fourth-order valence-electron chi connectivity index (χ4n) is 3.61. The number of fused-ring (bicyclic) bond motifs is 3. The van der Waals surface area contributed by atoms with E-state index < -0.39 is 12.1 Å². The Labute approximate surface area is 161 Å². The van der Waals surface area contributed by atoms with Crippen LogP contribution in [0.3, 0.4) is 0 Å². The van der Waals surface area contributed by atoms with Crippen LogP contribution >= 0.6 is 0 Å². The van der Waals surface area contributed by atoms with Crippen LogP contribution in [-0.2, 0) is 16.0 Å². The van der Waals surface area contributed by atoms with Crippen LogP contribution in [-0.4, -0.2) is 23.8 Å². The molecule has 0 fully saturated rings. The molecule has 1 aromatic heterocycles. The summed E-state index contributed by atoms with van der Waals surface area (Å²) in [4.78, 5) is 23.0. The van der Waals surface area contributed by atoms with Crippen molar-refractivity contribution >= 4 is 17.7 Å². The van der Waals surface area contributed by atoms with Crippen molar-refractivity contribution in [2.24, 2.45) is 0 Å². The number of carboxylic acid groups (broad SMARTS) is 1. The normalized spacial score (nSPS) is 12.3. The number of hydrogen-bond acceptors (Lipinski definition) is 4. The molecular weight excluding hydrogens is 358 g/mol. The van der Waals surface area contributed by atoms with E-state index in [9.17, 15) is 9.59 Å². The molecule has 0 aliphatic heterocycles. The molecule has 0 atom stereocenters. The lowest BCUT2D eigenvalue weighted by Crippen LogP contribution is -2.18. The maximum absolute atomic E-state index is 12.3. The standard InChI is InChI=1S/C22H19NO5/c24-21(25)10-9-20-19(11-12-27-20)23-22(26)28-13-18-16-7-3-1-5-14(16)15-6-2-4-8-17(15)18/h1-8,11-12,18H,9-10,13H2,(H,23,26)(H,24,25). The van der Waals surface area contributed by atoms with Crippen molar-refractivity contribution in [2.75, 3.05) is 11.9 Å². The second kappa shape index (κ2) is 7.60. The predicted molar refractivity (Wildman–Crippen MR) is 103 cm³/mol. The van der Waals surface area contributed by atoms with Crippen molar-refractivity contribution in [3.05, 3.63) is 77.7 Å². The van der Waals surface area contributed by atoms with Crippen LogP contribution in [0, 0.1) is 0 Å². The quantitative estimate of drug-likeness (QED) is 0.652. The van der Waals surface area contributed by atoms with Gasteiger partial charge in [-0.1, -0.05) is 48.5 Å². The van der Waals surface area contributed by atoms with E-state index in [1.54, 1.807) is 6.07 Å². The lowest BCUT2D eigenvalue weighted by molar-refractivity contribution is -0.137. The third kappa shape index (κ3) is 3.49. The summed E-state index contributed by atoms with van der Waals surface area (Å²) in [6.07, 6.45) is 0.935. The Morgan fingerprint density at radius 2 is 1.64 bits per heavy atom. The number of carbonyl (C=O) groups is 2. The molecular formula is C22H19NO5. The molecule has 1 aliphatic rings. The van der Waals surface area contributed by atoms with E-state index in [0.717, 1.165) is 22.3 Å². The van der Waals surface area contributed by atoms with Gasteiger partial charge in [-0.15, -0.1) is 0 Å². The van der Waals surface area contributed by atoms with E-state index in [0.29, 0.717) is 11.4 Å². The van der Waals surface area contributed by atoms with Gasteiger partial charge in [-0.25, -0.2) is 4.79 Å². The minimum atomic E-state index is -0.927. The Bertz CT molecular complexity index is 978. The van der Waals surface area contributed by atoms with E-state index in [1.807, 2.05) is 24.3 Å². The summed E-state index contributed by atoms with van der Waals surface area (Å²) in [6.45, 7) is 0.210. The summed E-state index contributed by atoms with van der Waals surface area (Å²) >= 11 is 0. The molecule has 0 spiro atoms. The zero-order valence-electron chi connectivity index (χ0n) is 15.1. The fourth-order valence-corrected chi connectivity index (χ4v) is 3.61. The molecule has 0 radical (unpaired) electrons. The molecule has 3 aromatic rings. The number of aliphatic carboxylic acids is 1. The summed E-state index contributed by atoms with van der Waals surface area (Å²) in [7, 11) is 0. The second-order valence-electron chi connectivity index (χ2n) is 6.60. The fraction of sp³-hybridized carbons (Fsp3) is 0.182. The summed E-state index contributed by atoms with van der Waals surface area (Å²) < 4.78 is 10.7. The van der Waals surface area contributed by atoms with Crippen LogP contribution in [0.2, 0.25) is 0 Å². The first-order chi connectivity index (χ1) is 13.6.